The highest BCUT2D eigenvalue weighted by Crippen LogP contribution is 2.23. The Morgan fingerprint density at radius 3 is 2.05 bits per heavy atom. The smallest absolute Gasteiger partial charge is 0.305 e. The topological polar surface area (TPSA) is 112 Å². The third-order valence-electron chi connectivity index (χ3n) is 2.94. The van der Waals surface area contributed by atoms with Gasteiger partial charge in [-0.1, -0.05) is 0 Å². The molecule has 0 aromatic carbocycles. The molecule has 1 aliphatic rings. The number of carbonyl (C=O) groups is 1. The molecule has 0 unspecified atom stereocenters. The maximum absolute atomic E-state index is 11.7. The van der Waals surface area contributed by atoms with Crippen LogP contribution in [0.1, 0.15) is 13.3 Å². The maximum atomic E-state index is 11.7. The molecule has 1 fully saturated rings. The number of rotatable bonds is 4. The largest absolute Gasteiger partial charge is 0.481 e. The number of nitrogens with zero attached hydrogens (tertiary/aromatic N) is 2. The lowest BCUT2D eigenvalue weighted by Gasteiger charge is -2.42. The van der Waals surface area contributed by atoms with E-state index < -0.39 is 44.5 Å². The van der Waals surface area contributed by atoms with E-state index >= 15 is 0 Å². The zero-order valence-electron chi connectivity index (χ0n) is 11.0. The van der Waals surface area contributed by atoms with Crippen molar-refractivity contribution in [1.29, 1.82) is 0 Å². The van der Waals surface area contributed by atoms with E-state index in [1.165, 1.54) is 0 Å². The average molecular weight is 314 g/mol. The molecule has 0 saturated carbocycles. The molecule has 0 radical (unpaired) electrons. The van der Waals surface area contributed by atoms with Crippen LogP contribution in [-0.4, -0.2) is 74.2 Å². The van der Waals surface area contributed by atoms with Gasteiger partial charge in [0.25, 0.3) is 0 Å². The van der Waals surface area contributed by atoms with Crippen molar-refractivity contribution >= 4 is 26.0 Å². The highest BCUT2D eigenvalue weighted by Gasteiger charge is 2.41. The van der Waals surface area contributed by atoms with Crippen molar-refractivity contribution < 1.29 is 26.7 Å². The summed E-state index contributed by atoms with van der Waals surface area (Å²) >= 11 is 0. The Balaban J connectivity index is 3.11. The van der Waals surface area contributed by atoms with Gasteiger partial charge in [0.15, 0.2) is 0 Å². The highest BCUT2D eigenvalue weighted by molar-refractivity contribution is 7.88. The highest BCUT2D eigenvalue weighted by atomic mass is 32.2. The van der Waals surface area contributed by atoms with Gasteiger partial charge in [0, 0.05) is 25.2 Å². The predicted molar refractivity (Wildman–Crippen MR) is 68.6 cm³/mol. The van der Waals surface area contributed by atoms with Gasteiger partial charge in [0.1, 0.15) is 0 Å². The molecular weight excluding hydrogens is 296 g/mol. The maximum Gasteiger partial charge on any atom is 0.305 e. The van der Waals surface area contributed by atoms with Crippen molar-refractivity contribution in [2.45, 2.75) is 25.4 Å². The van der Waals surface area contributed by atoms with Crippen LogP contribution in [0.3, 0.4) is 0 Å². The number of sulfonamides is 2. The van der Waals surface area contributed by atoms with Crippen molar-refractivity contribution in [3.05, 3.63) is 0 Å². The molecule has 112 valence electrons. The first-order valence-electron chi connectivity index (χ1n) is 5.58. The molecule has 1 N–H and O–H groups in total. The fraction of sp³-hybridized carbons (Fsp3) is 0.889. The van der Waals surface area contributed by atoms with Crippen molar-refractivity contribution in [1.82, 2.24) is 8.61 Å². The first-order chi connectivity index (χ1) is 8.43. The lowest BCUT2D eigenvalue weighted by Crippen LogP contribution is -2.60. The molecule has 8 nitrogen and oxygen atoms in total. The molecule has 1 rings (SSSR count). The summed E-state index contributed by atoms with van der Waals surface area (Å²) in [6, 6.07) is -1.48. The third kappa shape index (κ3) is 4.13. The van der Waals surface area contributed by atoms with Gasteiger partial charge in [-0.05, 0) is 6.92 Å². The molecule has 0 spiro atoms. The molecule has 0 bridgehead atoms. The minimum atomic E-state index is -3.59. The minimum Gasteiger partial charge on any atom is -0.481 e. The molecule has 10 heteroatoms. The SMILES string of the molecule is C[C@@H]1CN(S(C)(=O)=O)C[C@H](CC(=O)O)N1S(C)(=O)=O. The van der Waals surface area contributed by atoms with Gasteiger partial charge < -0.3 is 5.11 Å². The second-order valence-electron chi connectivity index (χ2n) is 4.77. The molecule has 0 aromatic heterocycles. The summed E-state index contributed by atoms with van der Waals surface area (Å²) in [6.45, 7) is 1.46. The summed E-state index contributed by atoms with van der Waals surface area (Å²) in [5.74, 6) is -1.17. The second kappa shape index (κ2) is 5.35. The van der Waals surface area contributed by atoms with Crippen LogP contribution in [0.4, 0.5) is 0 Å². The number of carboxylic acids is 1. The van der Waals surface area contributed by atoms with Gasteiger partial charge in [0.05, 0.1) is 18.9 Å². The van der Waals surface area contributed by atoms with Gasteiger partial charge in [-0.25, -0.2) is 16.8 Å². The Morgan fingerprint density at radius 1 is 1.16 bits per heavy atom. The van der Waals surface area contributed by atoms with Gasteiger partial charge in [-0.2, -0.15) is 8.61 Å². The van der Waals surface area contributed by atoms with Crippen molar-refractivity contribution in [2.75, 3.05) is 25.6 Å². The second-order valence-corrected chi connectivity index (χ2v) is 8.64. The number of hydrogen-bond acceptors (Lipinski definition) is 5. The molecule has 1 aliphatic heterocycles. The Morgan fingerprint density at radius 2 is 1.68 bits per heavy atom. The van der Waals surface area contributed by atoms with E-state index in [9.17, 15) is 21.6 Å². The number of carboxylic acid groups (broad SMARTS) is 1. The van der Waals surface area contributed by atoms with Crippen LogP contribution in [0.25, 0.3) is 0 Å². The van der Waals surface area contributed by atoms with Crippen LogP contribution in [-0.2, 0) is 24.8 Å². The van der Waals surface area contributed by atoms with E-state index in [2.05, 4.69) is 0 Å². The van der Waals surface area contributed by atoms with E-state index in [4.69, 9.17) is 5.11 Å². The van der Waals surface area contributed by atoms with E-state index in [0.29, 0.717) is 0 Å². The lowest BCUT2D eigenvalue weighted by molar-refractivity contribution is -0.138. The summed E-state index contributed by atoms with van der Waals surface area (Å²) in [5, 5.41) is 8.84. The summed E-state index contributed by atoms with van der Waals surface area (Å²) in [5.41, 5.74) is 0. The van der Waals surface area contributed by atoms with Crippen LogP contribution >= 0.6 is 0 Å². The normalized spacial score (nSPS) is 27.3. The van der Waals surface area contributed by atoms with E-state index in [0.717, 1.165) is 21.1 Å². The monoisotopic (exact) mass is 314 g/mol. The van der Waals surface area contributed by atoms with E-state index in [1.807, 2.05) is 0 Å². The van der Waals surface area contributed by atoms with Crippen molar-refractivity contribution in [3.63, 3.8) is 0 Å². The molecule has 1 saturated heterocycles. The fourth-order valence-corrected chi connectivity index (χ4v) is 4.68. The zero-order chi connectivity index (χ0) is 15.0. The first kappa shape index (κ1) is 16.3. The fourth-order valence-electron chi connectivity index (χ4n) is 2.35. The Hall–Kier alpha value is -0.710. The summed E-state index contributed by atoms with van der Waals surface area (Å²) in [6.07, 6.45) is 1.59. The molecule has 2 atom stereocenters. The van der Waals surface area contributed by atoms with Gasteiger partial charge in [-0.3, -0.25) is 4.79 Å². The summed E-state index contributed by atoms with van der Waals surface area (Å²) in [7, 11) is -7.07. The van der Waals surface area contributed by atoms with Crippen LogP contribution in [0.15, 0.2) is 0 Å². The molecule has 1 heterocycles. The first-order valence-corrected chi connectivity index (χ1v) is 9.28. The van der Waals surface area contributed by atoms with Crippen LogP contribution < -0.4 is 0 Å². The van der Waals surface area contributed by atoms with Gasteiger partial charge in [-0.15, -0.1) is 0 Å². The van der Waals surface area contributed by atoms with E-state index in [-0.39, 0.29) is 13.1 Å². The molecule has 0 amide bonds. The van der Waals surface area contributed by atoms with E-state index in [1.54, 1.807) is 6.92 Å². The predicted octanol–water partition coefficient (Wildman–Crippen LogP) is -1.24. The lowest BCUT2D eigenvalue weighted by atomic mass is 10.1. The number of aliphatic carboxylic acids is 1. The van der Waals surface area contributed by atoms with Crippen LogP contribution in [0.2, 0.25) is 0 Å². The Labute approximate surface area is 113 Å². The quantitative estimate of drug-likeness (QED) is 0.694. The Bertz CT molecular complexity index is 555. The summed E-state index contributed by atoms with van der Waals surface area (Å²) < 4.78 is 48.7. The molecule has 0 aliphatic carbocycles. The van der Waals surface area contributed by atoms with Crippen molar-refractivity contribution in [2.24, 2.45) is 0 Å². The third-order valence-corrected chi connectivity index (χ3v) is 5.60. The van der Waals surface area contributed by atoms with Gasteiger partial charge in [0.2, 0.25) is 20.0 Å². The molecule has 19 heavy (non-hydrogen) atoms. The summed E-state index contributed by atoms with van der Waals surface area (Å²) in [4.78, 5) is 10.8. The average Bonchev–Trinajstić information content (AvgIpc) is 2.11. The van der Waals surface area contributed by atoms with Crippen molar-refractivity contribution in [3.8, 4) is 0 Å². The molecular formula is C9H18N2O6S2. The molecule has 0 aromatic rings. The number of hydrogen-bond donors (Lipinski definition) is 1. The van der Waals surface area contributed by atoms with Gasteiger partial charge >= 0.3 is 5.97 Å². The number of piperazine rings is 1. The van der Waals surface area contributed by atoms with Crippen LogP contribution in [0.5, 0.6) is 0 Å². The van der Waals surface area contributed by atoms with Crippen LogP contribution in [0, 0.1) is 0 Å². The standard InChI is InChI=1S/C9H18N2O6S2/c1-7-5-10(18(2,14)15)6-8(4-9(12)13)11(7)19(3,16)17/h7-8H,4-6H2,1-3H3,(H,12,13)/t7-,8+/m1/s1. The Kier molecular flexibility index (Phi) is 4.60. The zero-order valence-corrected chi connectivity index (χ0v) is 12.6. The minimum absolute atomic E-state index is 0.0298.